The summed E-state index contributed by atoms with van der Waals surface area (Å²) < 4.78 is 0. The molecule has 0 atom stereocenters. The van der Waals surface area contributed by atoms with E-state index in [2.05, 4.69) is 10.3 Å². The van der Waals surface area contributed by atoms with Crippen LogP contribution in [0, 0.1) is 0 Å². The molecule has 0 spiro atoms. The Labute approximate surface area is 121 Å². The van der Waals surface area contributed by atoms with Crippen molar-refractivity contribution < 1.29 is 9.90 Å². The SMILES string of the molecule is CN(C)c1ccc(NCc2ccc(CC(=O)O)s2)cn1. The maximum Gasteiger partial charge on any atom is 0.308 e. The van der Waals surface area contributed by atoms with E-state index in [1.165, 1.54) is 11.3 Å². The molecule has 0 saturated heterocycles. The summed E-state index contributed by atoms with van der Waals surface area (Å²) in [6.45, 7) is 0.674. The second kappa shape index (κ2) is 6.38. The number of carboxylic acids is 1. The molecule has 0 aromatic carbocycles. The topological polar surface area (TPSA) is 65.5 Å². The largest absolute Gasteiger partial charge is 0.481 e. The lowest BCUT2D eigenvalue weighted by Gasteiger charge is -2.11. The van der Waals surface area contributed by atoms with Crippen molar-refractivity contribution in [2.45, 2.75) is 13.0 Å². The molecule has 0 aliphatic carbocycles. The van der Waals surface area contributed by atoms with Gasteiger partial charge in [0.05, 0.1) is 18.3 Å². The number of nitrogens with zero attached hydrogens (tertiary/aromatic N) is 2. The lowest BCUT2D eigenvalue weighted by Crippen LogP contribution is -2.10. The Hall–Kier alpha value is -2.08. The van der Waals surface area contributed by atoms with E-state index in [1.54, 1.807) is 6.20 Å². The van der Waals surface area contributed by atoms with Gasteiger partial charge in [-0.3, -0.25) is 4.79 Å². The fraction of sp³-hybridized carbons (Fsp3) is 0.286. The van der Waals surface area contributed by atoms with Crippen molar-refractivity contribution in [3.8, 4) is 0 Å². The Morgan fingerprint density at radius 3 is 2.65 bits per heavy atom. The minimum atomic E-state index is -0.796. The van der Waals surface area contributed by atoms with Gasteiger partial charge >= 0.3 is 5.97 Å². The lowest BCUT2D eigenvalue weighted by molar-refractivity contribution is -0.136. The van der Waals surface area contributed by atoms with Gasteiger partial charge in [0.25, 0.3) is 0 Å². The number of aliphatic carboxylic acids is 1. The number of carbonyl (C=O) groups is 1. The van der Waals surface area contributed by atoms with Gasteiger partial charge in [-0.05, 0) is 24.3 Å². The van der Waals surface area contributed by atoms with Crippen LogP contribution in [0.4, 0.5) is 11.5 Å². The Balaban J connectivity index is 1.91. The zero-order chi connectivity index (χ0) is 14.5. The van der Waals surface area contributed by atoms with Crippen molar-refractivity contribution in [2.24, 2.45) is 0 Å². The maximum atomic E-state index is 10.6. The molecule has 0 bridgehead atoms. The van der Waals surface area contributed by atoms with Crippen molar-refractivity contribution in [1.29, 1.82) is 0 Å². The zero-order valence-corrected chi connectivity index (χ0v) is 12.3. The van der Waals surface area contributed by atoms with Crippen LogP contribution >= 0.6 is 11.3 Å². The number of rotatable bonds is 6. The molecule has 2 heterocycles. The zero-order valence-electron chi connectivity index (χ0n) is 11.5. The normalized spacial score (nSPS) is 10.3. The number of hydrogen-bond donors (Lipinski definition) is 2. The molecular weight excluding hydrogens is 274 g/mol. The van der Waals surface area contributed by atoms with Gasteiger partial charge in [-0.2, -0.15) is 0 Å². The first-order valence-corrected chi connectivity index (χ1v) is 7.03. The summed E-state index contributed by atoms with van der Waals surface area (Å²) >= 11 is 1.52. The Kier molecular flexibility index (Phi) is 4.57. The van der Waals surface area contributed by atoms with Crippen LogP contribution in [0.15, 0.2) is 30.5 Å². The van der Waals surface area contributed by atoms with E-state index in [1.807, 2.05) is 43.3 Å². The third kappa shape index (κ3) is 3.96. The summed E-state index contributed by atoms with van der Waals surface area (Å²) in [5, 5.41) is 12.0. The molecule has 0 fully saturated rings. The highest BCUT2D eigenvalue weighted by molar-refractivity contribution is 7.12. The monoisotopic (exact) mass is 291 g/mol. The summed E-state index contributed by atoms with van der Waals surface area (Å²) in [5.41, 5.74) is 0.948. The Morgan fingerprint density at radius 2 is 2.05 bits per heavy atom. The van der Waals surface area contributed by atoms with E-state index < -0.39 is 5.97 Å². The standard InChI is InChI=1S/C14H17N3O2S/c1-17(2)13-6-3-10(8-16-13)15-9-12-5-4-11(20-12)7-14(18)19/h3-6,8,15H,7,9H2,1-2H3,(H,18,19). The van der Waals surface area contributed by atoms with Crippen LogP contribution < -0.4 is 10.2 Å². The fourth-order valence-corrected chi connectivity index (χ4v) is 2.65. The van der Waals surface area contributed by atoms with Gasteiger partial charge in [0.1, 0.15) is 5.82 Å². The molecular formula is C14H17N3O2S. The molecule has 0 aliphatic rings. The maximum absolute atomic E-state index is 10.6. The highest BCUT2D eigenvalue weighted by Crippen LogP contribution is 2.19. The molecule has 2 aromatic rings. The van der Waals surface area contributed by atoms with Crippen molar-refractivity contribution in [2.75, 3.05) is 24.3 Å². The van der Waals surface area contributed by atoms with Crippen LogP contribution in [0.25, 0.3) is 0 Å². The molecule has 6 heteroatoms. The Bertz CT molecular complexity index is 578. The van der Waals surface area contributed by atoms with Gasteiger partial charge in [0, 0.05) is 30.4 Å². The van der Waals surface area contributed by atoms with Gasteiger partial charge in [0.15, 0.2) is 0 Å². The summed E-state index contributed by atoms with van der Waals surface area (Å²) in [5.74, 6) is 0.116. The molecule has 20 heavy (non-hydrogen) atoms. The number of hydrogen-bond acceptors (Lipinski definition) is 5. The van der Waals surface area contributed by atoms with E-state index >= 15 is 0 Å². The fourth-order valence-electron chi connectivity index (χ4n) is 1.71. The van der Waals surface area contributed by atoms with Crippen LogP contribution in [0.1, 0.15) is 9.75 Å². The number of pyridine rings is 1. The van der Waals surface area contributed by atoms with Crippen LogP contribution in [0.5, 0.6) is 0 Å². The third-order valence-corrected chi connectivity index (χ3v) is 3.80. The molecule has 2 rings (SSSR count). The number of aromatic nitrogens is 1. The number of nitrogens with one attached hydrogen (secondary N) is 1. The molecule has 0 unspecified atom stereocenters. The van der Waals surface area contributed by atoms with Gasteiger partial charge in [0.2, 0.25) is 0 Å². The molecule has 0 amide bonds. The van der Waals surface area contributed by atoms with E-state index in [9.17, 15) is 4.79 Å². The average Bonchev–Trinajstić information content (AvgIpc) is 2.83. The first-order valence-electron chi connectivity index (χ1n) is 6.21. The predicted molar refractivity (Wildman–Crippen MR) is 81.5 cm³/mol. The molecule has 5 nitrogen and oxygen atoms in total. The molecule has 2 aromatic heterocycles. The second-order valence-corrected chi connectivity index (χ2v) is 5.84. The van der Waals surface area contributed by atoms with Crippen LogP contribution in [0.3, 0.4) is 0 Å². The van der Waals surface area contributed by atoms with Crippen LogP contribution in [-0.2, 0) is 17.8 Å². The van der Waals surface area contributed by atoms with Gasteiger partial charge < -0.3 is 15.3 Å². The first-order chi connectivity index (χ1) is 9.54. The predicted octanol–water partition coefficient (Wildman–Crippen LogP) is 2.45. The van der Waals surface area contributed by atoms with Crippen molar-refractivity contribution in [1.82, 2.24) is 4.98 Å². The Morgan fingerprint density at radius 1 is 1.30 bits per heavy atom. The average molecular weight is 291 g/mol. The van der Waals surface area contributed by atoms with Crippen molar-refractivity contribution in [3.63, 3.8) is 0 Å². The molecule has 0 saturated carbocycles. The summed E-state index contributed by atoms with van der Waals surface area (Å²) in [4.78, 5) is 18.9. The van der Waals surface area contributed by atoms with E-state index in [-0.39, 0.29) is 6.42 Å². The minimum absolute atomic E-state index is 0.0871. The third-order valence-electron chi connectivity index (χ3n) is 2.72. The second-order valence-electron chi connectivity index (χ2n) is 4.59. The van der Waals surface area contributed by atoms with E-state index in [0.29, 0.717) is 6.54 Å². The van der Waals surface area contributed by atoms with Crippen molar-refractivity contribution >= 4 is 28.8 Å². The smallest absolute Gasteiger partial charge is 0.308 e. The number of thiophene rings is 1. The molecule has 0 radical (unpaired) electrons. The molecule has 0 aliphatic heterocycles. The minimum Gasteiger partial charge on any atom is -0.481 e. The van der Waals surface area contributed by atoms with Crippen LogP contribution in [0.2, 0.25) is 0 Å². The van der Waals surface area contributed by atoms with E-state index in [0.717, 1.165) is 21.3 Å². The van der Waals surface area contributed by atoms with Gasteiger partial charge in [-0.15, -0.1) is 11.3 Å². The van der Waals surface area contributed by atoms with Crippen LogP contribution in [-0.4, -0.2) is 30.2 Å². The summed E-state index contributed by atoms with van der Waals surface area (Å²) in [6.07, 6.45) is 1.88. The quantitative estimate of drug-likeness (QED) is 0.856. The van der Waals surface area contributed by atoms with Gasteiger partial charge in [-0.1, -0.05) is 0 Å². The highest BCUT2D eigenvalue weighted by atomic mass is 32.1. The number of carboxylic acid groups (broad SMARTS) is 1. The number of anilines is 2. The molecule has 106 valence electrons. The highest BCUT2D eigenvalue weighted by Gasteiger charge is 2.05. The lowest BCUT2D eigenvalue weighted by atomic mass is 10.3. The van der Waals surface area contributed by atoms with E-state index in [4.69, 9.17) is 5.11 Å². The van der Waals surface area contributed by atoms with Crippen molar-refractivity contribution in [3.05, 3.63) is 40.2 Å². The summed E-state index contributed by atoms with van der Waals surface area (Å²) in [7, 11) is 3.90. The summed E-state index contributed by atoms with van der Waals surface area (Å²) in [6, 6.07) is 7.75. The van der Waals surface area contributed by atoms with Gasteiger partial charge in [-0.25, -0.2) is 4.98 Å². The first kappa shape index (κ1) is 14.3. The molecule has 2 N–H and O–H groups in total.